The summed E-state index contributed by atoms with van der Waals surface area (Å²) >= 11 is 0. The number of aromatic hydroxyl groups is 1. The van der Waals surface area contributed by atoms with Gasteiger partial charge in [-0.2, -0.15) is 13.2 Å². The van der Waals surface area contributed by atoms with Crippen LogP contribution in [0.15, 0.2) is 18.2 Å². The van der Waals surface area contributed by atoms with Gasteiger partial charge in [0.25, 0.3) is 0 Å². The molecule has 1 aromatic carbocycles. The fraction of sp³-hybridized carbons (Fsp3) is 0.300. The van der Waals surface area contributed by atoms with Crippen molar-refractivity contribution in [3.05, 3.63) is 23.8 Å². The van der Waals surface area contributed by atoms with Crippen molar-refractivity contribution in [2.24, 2.45) is 0 Å². The quantitative estimate of drug-likeness (QED) is 0.857. The number of alkyl halides is 3. The smallest absolute Gasteiger partial charge is 0.422 e. The number of carboxylic acids is 1. The highest BCUT2D eigenvalue weighted by atomic mass is 19.4. The minimum absolute atomic E-state index is 0.0690. The number of carbonyl (C=O) groups is 1. The summed E-state index contributed by atoms with van der Waals surface area (Å²) in [5.41, 5.74) is 0.0690. The van der Waals surface area contributed by atoms with Crippen molar-refractivity contribution in [1.82, 2.24) is 0 Å². The molecule has 0 heterocycles. The molecular weight excluding hydrogens is 241 g/mol. The lowest BCUT2D eigenvalue weighted by molar-refractivity contribution is -0.153. The summed E-state index contributed by atoms with van der Waals surface area (Å²) in [5, 5.41) is 17.6. The van der Waals surface area contributed by atoms with Gasteiger partial charge in [0.2, 0.25) is 0 Å². The van der Waals surface area contributed by atoms with Crippen molar-refractivity contribution in [2.45, 2.75) is 12.6 Å². The number of phenolic OH excluding ortho intramolecular Hbond substituents is 1. The predicted octanol–water partition coefficient (Wildman–Crippen LogP) is 1.96. The van der Waals surface area contributed by atoms with Crippen molar-refractivity contribution in [3.63, 3.8) is 0 Å². The van der Waals surface area contributed by atoms with E-state index < -0.39 is 25.2 Å². The van der Waals surface area contributed by atoms with Crippen molar-refractivity contribution in [2.75, 3.05) is 6.61 Å². The zero-order chi connectivity index (χ0) is 13.1. The van der Waals surface area contributed by atoms with Gasteiger partial charge in [0, 0.05) is 11.6 Å². The van der Waals surface area contributed by atoms with Gasteiger partial charge in [-0.1, -0.05) is 6.07 Å². The van der Waals surface area contributed by atoms with E-state index in [1.807, 2.05) is 0 Å². The van der Waals surface area contributed by atoms with Crippen LogP contribution in [0.25, 0.3) is 0 Å². The largest absolute Gasteiger partial charge is 0.508 e. The first kappa shape index (κ1) is 13.1. The Morgan fingerprint density at radius 3 is 2.53 bits per heavy atom. The third-order valence-corrected chi connectivity index (χ3v) is 1.78. The molecule has 1 rings (SSSR count). The van der Waals surface area contributed by atoms with Crippen LogP contribution in [0.2, 0.25) is 0 Å². The lowest BCUT2D eigenvalue weighted by atomic mass is 10.1. The normalized spacial score (nSPS) is 11.2. The molecule has 2 N–H and O–H groups in total. The number of aliphatic carboxylic acids is 1. The van der Waals surface area contributed by atoms with Crippen LogP contribution < -0.4 is 4.74 Å². The molecule has 1 aromatic rings. The molecule has 0 saturated heterocycles. The molecule has 0 unspecified atom stereocenters. The molecule has 0 fully saturated rings. The van der Waals surface area contributed by atoms with Gasteiger partial charge in [-0.15, -0.1) is 0 Å². The Morgan fingerprint density at radius 1 is 1.35 bits per heavy atom. The Morgan fingerprint density at radius 2 is 2.00 bits per heavy atom. The van der Waals surface area contributed by atoms with Crippen LogP contribution >= 0.6 is 0 Å². The number of hydrogen-bond acceptors (Lipinski definition) is 3. The minimum Gasteiger partial charge on any atom is -0.508 e. The minimum atomic E-state index is -4.52. The second kappa shape index (κ2) is 4.94. The lowest BCUT2D eigenvalue weighted by Gasteiger charge is -2.12. The van der Waals surface area contributed by atoms with Crippen molar-refractivity contribution in [1.29, 1.82) is 0 Å². The first-order valence-corrected chi connectivity index (χ1v) is 4.51. The molecule has 7 heteroatoms. The fourth-order valence-corrected chi connectivity index (χ4v) is 1.15. The second-order valence-electron chi connectivity index (χ2n) is 3.27. The zero-order valence-corrected chi connectivity index (χ0v) is 8.49. The van der Waals surface area contributed by atoms with Gasteiger partial charge >= 0.3 is 12.1 Å². The molecule has 0 spiro atoms. The highest BCUT2D eigenvalue weighted by Crippen LogP contribution is 2.26. The lowest BCUT2D eigenvalue weighted by Crippen LogP contribution is -2.20. The van der Waals surface area contributed by atoms with E-state index in [9.17, 15) is 18.0 Å². The van der Waals surface area contributed by atoms with E-state index in [1.54, 1.807) is 0 Å². The Kier molecular flexibility index (Phi) is 3.82. The SMILES string of the molecule is O=C(O)Cc1ccc(O)cc1OCC(F)(F)F. The number of halogens is 3. The molecule has 0 atom stereocenters. The molecule has 0 radical (unpaired) electrons. The van der Waals surface area contributed by atoms with E-state index in [0.29, 0.717) is 0 Å². The van der Waals surface area contributed by atoms with Crippen LogP contribution in [0.4, 0.5) is 13.2 Å². The summed E-state index contributed by atoms with van der Waals surface area (Å²) in [6, 6.07) is 3.33. The van der Waals surface area contributed by atoms with Crippen LogP contribution in [0.3, 0.4) is 0 Å². The fourth-order valence-electron chi connectivity index (χ4n) is 1.15. The first-order valence-electron chi connectivity index (χ1n) is 4.51. The van der Waals surface area contributed by atoms with Crippen LogP contribution in [-0.2, 0) is 11.2 Å². The molecule has 0 aliphatic heterocycles. The van der Waals surface area contributed by atoms with E-state index in [1.165, 1.54) is 12.1 Å². The molecule has 0 aliphatic rings. The van der Waals surface area contributed by atoms with Gasteiger partial charge in [0.1, 0.15) is 11.5 Å². The van der Waals surface area contributed by atoms with Crippen molar-refractivity contribution in [3.8, 4) is 11.5 Å². The predicted molar refractivity (Wildman–Crippen MR) is 51.0 cm³/mol. The van der Waals surface area contributed by atoms with E-state index in [0.717, 1.165) is 6.07 Å². The Bertz CT molecular complexity index is 415. The van der Waals surface area contributed by atoms with Crippen molar-refractivity contribution < 1.29 is 32.9 Å². The van der Waals surface area contributed by atoms with E-state index in [4.69, 9.17) is 10.2 Å². The Labute approximate surface area is 94.3 Å². The third kappa shape index (κ3) is 4.62. The van der Waals surface area contributed by atoms with Crippen LogP contribution in [-0.4, -0.2) is 29.0 Å². The Balaban J connectivity index is 2.87. The molecule has 17 heavy (non-hydrogen) atoms. The maximum absolute atomic E-state index is 11.9. The zero-order valence-electron chi connectivity index (χ0n) is 8.49. The van der Waals surface area contributed by atoms with E-state index in [-0.39, 0.29) is 17.1 Å². The molecule has 0 aromatic heterocycles. The van der Waals surface area contributed by atoms with Gasteiger partial charge in [-0.25, -0.2) is 0 Å². The topological polar surface area (TPSA) is 66.8 Å². The van der Waals surface area contributed by atoms with Gasteiger partial charge in [0.15, 0.2) is 6.61 Å². The summed E-state index contributed by atoms with van der Waals surface area (Å²) in [7, 11) is 0. The number of phenols is 1. The monoisotopic (exact) mass is 250 g/mol. The summed E-state index contributed by atoms with van der Waals surface area (Å²) in [5.74, 6) is -1.78. The van der Waals surface area contributed by atoms with Gasteiger partial charge < -0.3 is 14.9 Å². The van der Waals surface area contributed by atoms with Gasteiger partial charge in [0.05, 0.1) is 6.42 Å². The van der Waals surface area contributed by atoms with E-state index >= 15 is 0 Å². The Hall–Kier alpha value is -1.92. The molecule has 0 aliphatic carbocycles. The first-order chi connectivity index (χ1) is 7.78. The van der Waals surface area contributed by atoms with E-state index in [2.05, 4.69) is 4.74 Å². The average molecular weight is 250 g/mol. The standard InChI is InChI=1S/C10H9F3O4/c11-10(12,13)5-17-8-4-7(14)2-1-6(8)3-9(15)16/h1-2,4,14H,3,5H2,(H,15,16). The third-order valence-electron chi connectivity index (χ3n) is 1.78. The number of ether oxygens (including phenoxy) is 1. The van der Waals surface area contributed by atoms with Gasteiger partial charge in [-0.3, -0.25) is 4.79 Å². The molecule has 0 saturated carbocycles. The summed E-state index contributed by atoms with van der Waals surface area (Å²) in [4.78, 5) is 10.5. The second-order valence-corrected chi connectivity index (χ2v) is 3.27. The molecule has 4 nitrogen and oxygen atoms in total. The van der Waals surface area contributed by atoms with Crippen LogP contribution in [0.5, 0.6) is 11.5 Å². The van der Waals surface area contributed by atoms with Gasteiger partial charge in [-0.05, 0) is 6.07 Å². The van der Waals surface area contributed by atoms with Crippen LogP contribution in [0, 0.1) is 0 Å². The maximum atomic E-state index is 11.9. The number of benzene rings is 1. The molecule has 0 bridgehead atoms. The molecule has 94 valence electrons. The van der Waals surface area contributed by atoms with Crippen molar-refractivity contribution >= 4 is 5.97 Å². The summed E-state index contributed by atoms with van der Waals surface area (Å²) in [6.45, 7) is -1.54. The summed E-state index contributed by atoms with van der Waals surface area (Å²) in [6.07, 6.45) is -5.00. The number of carboxylic acid groups (broad SMARTS) is 1. The highest BCUT2D eigenvalue weighted by molar-refractivity contribution is 5.71. The maximum Gasteiger partial charge on any atom is 0.422 e. The number of hydrogen-bond donors (Lipinski definition) is 2. The highest BCUT2D eigenvalue weighted by Gasteiger charge is 2.29. The summed E-state index contributed by atoms with van der Waals surface area (Å²) < 4.78 is 40.2. The number of rotatable bonds is 4. The average Bonchev–Trinajstić information content (AvgIpc) is 2.16. The molecular formula is C10H9F3O4. The molecule has 0 amide bonds. The van der Waals surface area contributed by atoms with Crippen LogP contribution in [0.1, 0.15) is 5.56 Å².